The van der Waals surface area contributed by atoms with Crippen LogP contribution in [-0.4, -0.2) is 15.8 Å². The highest BCUT2D eigenvalue weighted by Gasteiger charge is 2.13. The number of nitro groups is 1. The SMILES string of the molecule is NC(=O)CC#Cc1ncc(Cl)cc1[N+](=O)[O-]. The van der Waals surface area contributed by atoms with Gasteiger partial charge in [-0.2, -0.15) is 0 Å². The summed E-state index contributed by atoms with van der Waals surface area (Å²) in [7, 11) is 0. The molecular weight excluding hydrogens is 234 g/mol. The summed E-state index contributed by atoms with van der Waals surface area (Å²) in [4.78, 5) is 24.1. The Labute approximate surface area is 95.6 Å². The molecule has 0 unspecified atom stereocenters. The quantitative estimate of drug-likeness (QED) is 0.470. The van der Waals surface area contributed by atoms with Gasteiger partial charge in [0.1, 0.15) is 0 Å². The molecule has 1 rings (SSSR count). The molecule has 1 heterocycles. The van der Waals surface area contributed by atoms with E-state index < -0.39 is 10.8 Å². The van der Waals surface area contributed by atoms with E-state index in [1.54, 1.807) is 0 Å². The number of nitrogens with zero attached hydrogens (tertiary/aromatic N) is 2. The molecule has 0 saturated carbocycles. The van der Waals surface area contributed by atoms with Crippen molar-refractivity contribution in [3.8, 4) is 11.8 Å². The van der Waals surface area contributed by atoms with Gasteiger partial charge in [-0.25, -0.2) is 4.98 Å². The third-order valence-electron chi connectivity index (χ3n) is 1.50. The third-order valence-corrected chi connectivity index (χ3v) is 1.71. The van der Waals surface area contributed by atoms with Crippen LogP contribution in [0.1, 0.15) is 12.1 Å². The summed E-state index contributed by atoms with van der Waals surface area (Å²) in [6, 6.07) is 1.14. The third kappa shape index (κ3) is 3.22. The molecule has 0 radical (unpaired) electrons. The fraction of sp³-hybridized carbons (Fsp3) is 0.111. The van der Waals surface area contributed by atoms with Gasteiger partial charge in [0, 0.05) is 12.3 Å². The van der Waals surface area contributed by atoms with Crippen molar-refractivity contribution in [2.24, 2.45) is 5.73 Å². The maximum atomic E-state index is 10.6. The number of aromatic nitrogens is 1. The largest absolute Gasteiger partial charge is 0.369 e. The van der Waals surface area contributed by atoms with Crippen molar-refractivity contribution in [2.75, 3.05) is 0 Å². The van der Waals surface area contributed by atoms with Crippen LogP contribution in [0.3, 0.4) is 0 Å². The number of amides is 1. The lowest BCUT2D eigenvalue weighted by Gasteiger charge is -1.94. The zero-order chi connectivity index (χ0) is 12.1. The zero-order valence-electron chi connectivity index (χ0n) is 7.94. The van der Waals surface area contributed by atoms with E-state index in [-0.39, 0.29) is 22.8 Å². The Morgan fingerprint density at radius 2 is 2.38 bits per heavy atom. The molecule has 0 saturated heterocycles. The van der Waals surface area contributed by atoms with E-state index in [1.165, 1.54) is 6.20 Å². The van der Waals surface area contributed by atoms with Crippen LogP contribution >= 0.6 is 11.6 Å². The molecule has 0 aliphatic rings. The molecule has 0 fully saturated rings. The van der Waals surface area contributed by atoms with Gasteiger partial charge < -0.3 is 5.73 Å². The predicted octanol–water partition coefficient (Wildman–Crippen LogP) is 0.870. The Morgan fingerprint density at radius 3 is 2.94 bits per heavy atom. The van der Waals surface area contributed by atoms with E-state index in [4.69, 9.17) is 17.3 Å². The normalized spacial score (nSPS) is 9.06. The number of carbonyl (C=O) groups excluding carboxylic acids is 1. The fourth-order valence-electron chi connectivity index (χ4n) is 0.879. The number of hydrogen-bond acceptors (Lipinski definition) is 4. The Balaban J connectivity index is 3.07. The molecule has 6 nitrogen and oxygen atoms in total. The van der Waals surface area contributed by atoms with Gasteiger partial charge in [0.05, 0.1) is 16.4 Å². The summed E-state index contributed by atoms with van der Waals surface area (Å²) in [5.41, 5.74) is 4.51. The van der Waals surface area contributed by atoms with E-state index in [0.29, 0.717) is 0 Å². The summed E-state index contributed by atoms with van der Waals surface area (Å²) < 4.78 is 0. The second-order valence-electron chi connectivity index (χ2n) is 2.72. The fourth-order valence-corrected chi connectivity index (χ4v) is 1.03. The minimum Gasteiger partial charge on any atom is -0.369 e. The van der Waals surface area contributed by atoms with Gasteiger partial charge in [-0.1, -0.05) is 17.5 Å². The van der Waals surface area contributed by atoms with Crippen LogP contribution in [0.25, 0.3) is 0 Å². The molecule has 0 aliphatic heterocycles. The van der Waals surface area contributed by atoms with Crippen LogP contribution in [0.2, 0.25) is 5.02 Å². The van der Waals surface area contributed by atoms with Crippen molar-refractivity contribution >= 4 is 23.2 Å². The van der Waals surface area contributed by atoms with Crippen LogP contribution in [0.15, 0.2) is 12.3 Å². The number of primary amides is 1. The Morgan fingerprint density at radius 1 is 1.69 bits per heavy atom. The lowest BCUT2D eigenvalue weighted by Crippen LogP contribution is -2.08. The van der Waals surface area contributed by atoms with Gasteiger partial charge >= 0.3 is 5.69 Å². The zero-order valence-corrected chi connectivity index (χ0v) is 8.69. The molecule has 2 N–H and O–H groups in total. The lowest BCUT2D eigenvalue weighted by molar-refractivity contribution is -0.385. The standard InChI is InChI=1S/C9H6ClN3O3/c10-6-4-8(13(15)16)7(12-5-6)2-1-3-9(11)14/h4-5H,3H2,(H2,11,14). The van der Waals surface area contributed by atoms with Crippen molar-refractivity contribution in [3.05, 3.63) is 33.1 Å². The van der Waals surface area contributed by atoms with Gasteiger partial charge in [0.25, 0.3) is 0 Å². The molecule has 82 valence electrons. The second kappa shape index (κ2) is 5.09. The molecule has 1 amide bonds. The van der Waals surface area contributed by atoms with Crippen LogP contribution in [0.4, 0.5) is 5.69 Å². The van der Waals surface area contributed by atoms with Crippen molar-refractivity contribution in [3.63, 3.8) is 0 Å². The Hall–Kier alpha value is -2.13. The molecule has 0 spiro atoms. The van der Waals surface area contributed by atoms with Crippen LogP contribution in [-0.2, 0) is 4.79 Å². The molecule has 0 aromatic carbocycles. The number of rotatable bonds is 2. The average molecular weight is 240 g/mol. The number of nitrogens with two attached hydrogens (primary N) is 1. The van der Waals surface area contributed by atoms with Crippen LogP contribution in [0, 0.1) is 22.0 Å². The number of carbonyl (C=O) groups is 1. The van der Waals surface area contributed by atoms with Gasteiger partial charge in [0.15, 0.2) is 5.69 Å². The Kier molecular flexibility index (Phi) is 3.80. The minimum atomic E-state index is -0.646. The lowest BCUT2D eigenvalue weighted by atomic mass is 10.3. The first-order valence-corrected chi connectivity index (χ1v) is 4.45. The van der Waals surface area contributed by atoms with E-state index in [9.17, 15) is 14.9 Å². The van der Waals surface area contributed by atoms with E-state index in [2.05, 4.69) is 16.8 Å². The molecule has 0 atom stereocenters. The molecule has 0 bridgehead atoms. The summed E-state index contributed by atoms with van der Waals surface area (Å²) >= 11 is 5.56. The van der Waals surface area contributed by atoms with Gasteiger partial charge in [-0.3, -0.25) is 14.9 Å². The van der Waals surface area contributed by atoms with E-state index >= 15 is 0 Å². The highest BCUT2D eigenvalue weighted by molar-refractivity contribution is 6.30. The van der Waals surface area contributed by atoms with Gasteiger partial charge in [0.2, 0.25) is 5.91 Å². The first-order chi connectivity index (χ1) is 7.50. The number of halogens is 1. The van der Waals surface area contributed by atoms with Crippen molar-refractivity contribution < 1.29 is 9.72 Å². The first-order valence-electron chi connectivity index (χ1n) is 4.08. The number of hydrogen-bond donors (Lipinski definition) is 1. The van der Waals surface area contributed by atoms with E-state index in [0.717, 1.165) is 6.07 Å². The topological polar surface area (TPSA) is 99.1 Å². The maximum absolute atomic E-state index is 10.6. The minimum absolute atomic E-state index is 0.0457. The van der Waals surface area contributed by atoms with Gasteiger partial charge in [-0.15, -0.1) is 0 Å². The van der Waals surface area contributed by atoms with Crippen molar-refractivity contribution in [1.29, 1.82) is 0 Å². The molecule has 0 aliphatic carbocycles. The van der Waals surface area contributed by atoms with Crippen LogP contribution in [0.5, 0.6) is 0 Å². The number of pyridine rings is 1. The first kappa shape index (κ1) is 11.9. The van der Waals surface area contributed by atoms with E-state index in [1.807, 2.05) is 0 Å². The maximum Gasteiger partial charge on any atom is 0.304 e. The predicted molar refractivity (Wildman–Crippen MR) is 56.6 cm³/mol. The highest BCUT2D eigenvalue weighted by Crippen LogP contribution is 2.19. The summed E-state index contributed by atoms with van der Waals surface area (Å²) in [6.45, 7) is 0. The van der Waals surface area contributed by atoms with Crippen molar-refractivity contribution in [1.82, 2.24) is 4.98 Å². The van der Waals surface area contributed by atoms with Crippen LogP contribution < -0.4 is 5.73 Å². The summed E-state index contributed by atoms with van der Waals surface area (Å²) in [5, 5.41) is 10.8. The monoisotopic (exact) mass is 239 g/mol. The molecule has 7 heteroatoms. The molecule has 1 aromatic heterocycles. The molecule has 1 aromatic rings. The smallest absolute Gasteiger partial charge is 0.304 e. The summed E-state index contributed by atoms with van der Waals surface area (Å²) in [5.74, 6) is 4.16. The van der Waals surface area contributed by atoms with Gasteiger partial charge in [-0.05, 0) is 5.92 Å². The average Bonchev–Trinajstić information content (AvgIpc) is 2.19. The highest BCUT2D eigenvalue weighted by atomic mass is 35.5. The molecule has 16 heavy (non-hydrogen) atoms. The molecular formula is C9H6ClN3O3. The van der Waals surface area contributed by atoms with Crippen molar-refractivity contribution in [2.45, 2.75) is 6.42 Å². The Bertz CT molecular complexity index is 504. The summed E-state index contributed by atoms with van der Waals surface area (Å²) in [6.07, 6.45) is 1.06. The second-order valence-corrected chi connectivity index (χ2v) is 3.16.